The third-order valence-corrected chi connectivity index (χ3v) is 5.01. The molecule has 0 aliphatic carbocycles. The van der Waals surface area contributed by atoms with Crippen LogP contribution >= 0.6 is 15.9 Å². The van der Waals surface area contributed by atoms with Crippen molar-refractivity contribution in [3.63, 3.8) is 0 Å². The van der Waals surface area contributed by atoms with Crippen LogP contribution in [0.3, 0.4) is 0 Å². The van der Waals surface area contributed by atoms with Crippen LogP contribution in [0.2, 0.25) is 0 Å². The highest BCUT2D eigenvalue weighted by molar-refractivity contribution is 9.10. The summed E-state index contributed by atoms with van der Waals surface area (Å²) < 4.78 is 6.06. The van der Waals surface area contributed by atoms with Gasteiger partial charge in [0.25, 0.3) is 5.91 Å². The van der Waals surface area contributed by atoms with Gasteiger partial charge in [-0.1, -0.05) is 52.3 Å². The van der Waals surface area contributed by atoms with E-state index in [9.17, 15) is 14.4 Å². The van der Waals surface area contributed by atoms with Crippen LogP contribution in [0.25, 0.3) is 0 Å². The average molecular weight is 445 g/mol. The van der Waals surface area contributed by atoms with Crippen molar-refractivity contribution >= 4 is 33.7 Å². The molecule has 3 rings (SSSR count). The third kappa shape index (κ3) is 5.19. The molecule has 1 aliphatic rings. The van der Waals surface area contributed by atoms with Gasteiger partial charge in [0.1, 0.15) is 6.04 Å². The maximum atomic E-state index is 12.9. The molecule has 1 atom stereocenters. The molecule has 0 bridgehead atoms. The second-order valence-corrected chi connectivity index (χ2v) is 7.39. The molecule has 7 heteroatoms. The summed E-state index contributed by atoms with van der Waals surface area (Å²) in [7, 11) is 0. The zero-order valence-electron chi connectivity index (χ0n) is 15.3. The van der Waals surface area contributed by atoms with Crippen LogP contribution in [-0.2, 0) is 20.7 Å². The van der Waals surface area contributed by atoms with Gasteiger partial charge in [-0.05, 0) is 23.8 Å². The predicted molar refractivity (Wildman–Crippen MR) is 108 cm³/mol. The molecule has 1 heterocycles. The van der Waals surface area contributed by atoms with E-state index in [4.69, 9.17) is 4.74 Å². The van der Waals surface area contributed by atoms with Gasteiger partial charge in [0.15, 0.2) is 0 Å². The van der Waals surface area contributed by atoms with Crippen molar-refractivity contribution < 1.29 is 19.1 Å². The summed E-state index contributed by atoms with van der Waals surface area (Å²) in [6.45, 7) is 0.938. The van der Waals surface area contributed by atoms with E-state index in [0.29, 0.717) is 25.1 Å². The van der Waals surface area contributed by atoms with E-state index in [2.05, 4.69) is 21.2 Å². The largest absolute Gasteiger partial charge is 0.465 e. The summed E-state index contributed by atoms with van der Waals surface area (Å²) in [5.74, 6) is -1.11. The van der Waals surface area contributed by atoms with Gasteiger partial charge in [0.2, 0.25) is 5.91 Å². The van der Waals surface area contributed by atoms with Crippen molar-refractivity contribution in [2.45, 2.75) is 18.9 Å². The first-order valence-corrected chi connectivity index (χ1v) is 9.87. The monoisotopic (exact) mass is 444 g/mol. The summed E-state index contributed by atoms with van der Waals surface area (Å²) in [5, 5.41) is 2.72. The van der Waals surface area contributed by atoms with Crippen LogP contribution < -0.4 is 5.32 Å². The molecule has 146 valence electrons. The SMILES string of the molecule is O=C(CC1C(=O)NCCN1C(=O)c1cccc(Br)c1)OCCc1ccccc1. The lowest BCUT2D eigenvalue weighted by Gasteiger charge is -2.34. The quantitative estimate of drug-likeness (QED) is 0.694. The van der Waals surface area contributed by atoms with Gasteiger partial charge in [0, 0.05) is 29.5 Å². The summed E-state index contributed by atoms with van der Waals surface area (Å²) >= 11 is 3.35. The van der Waals surface area contributed by atoms with Crippen molar-refractivity contribution in [3.8, 4) is 0 Å². The standard InChI is InChI=1S/C21H21BrN2O4/c22-17-8-4-7-16(13-17)21(27)24-11-10-23-20(26)18(24)14-19(25)28-12-9-15-5-2-1-3-6-15/h1-8,13,18H,9-12,14H2,(H,23,26). The highest BCUT2D eigenvalue weighted by atomic mass is 79.9. The smallest absolute Gasteiger partial charge is 0.308 e. The molecular formula is C21H21BrN2O4. The zero-order valence-corrected chi connectivity index (χ0v) is 16.9. The fourth-order valence-electron chi connectivity index (χ4n) is 3.09. The van der Waals surface area contributed by atoms with Gasteiger partial charge in [-0.2, -0.15) is 0 Å². The van der Waals surface area contributed by atoms with Gasteiger partial charge in [0.05, 0.1) is 13.0 Å². The van der Waals surface area contributed by atoms with Crippen LogP contribution in [0.1, 0.15) is 22.3 Å². The number of carbonyl (C=O) groups excluding carboxylic acids is 3. The molecule has 0 aromatic heterocycles. The number of nitrogens with one attached hydrogen (secondary N) is 1. The topological polar surface area (TPSA) is 75.7 Å². The van der Waals surface area contributed by atoms with Crippen LogP contribution in [0.5, 0.6) is 0 Å². The Labute approximate surface area is 172 Å². The lowest BCUT2D eigenvalue weighted by Crippen LogP contribution is -2.57. The van der Waals surface area contributed by atoms with Gasteiger partial charge in [-0.3, -0.25) is 14.4 Å². The maximum Gasteiger partial charge on any atom is 0.308 e. The van der Waals surface area contributed by atoms with Gasteiger partial charge in [-0.25, -0.2) is 0 Å². The molecule has 1 N–H and O–H groups in total. The Morgan fingerprint density at radius 1 is 1.14 bits per heavy atom. The Hall–Kier alpha value is -2.67. The number of halogens is 1. The average Bonchev–Trinajstić information content (AvgIpc) is 2.70. The Bertz CT molecular complexity index is 856. The number of rotatable bonds is 6. The van der Waals surface area contributed by atoms with Crippen LogP contribution in [0.4, 0.5) is 0 Å². The predicted octanol–water partition coefficient (Wildman–Crippen LogP) is 2.57. The number of ether oxygens (including phenoxy) is 1. The van der Waals surface area contributed by atoms with Gasteiger partial charge < -0.3 is 15.0 Å². The van der Waals surface area contributed by atoms with Crippen molar-refractivity contribution in [2.24, 2.45) is 0 Å². The maximum absolute atomic E-state index is 12.9. The van der Waals surface area contributed by atoms with Crippen LogP contribution in [-0.4, -0.2) is 48.4 Å². The van der Waals surface area contributed by atoms with E-state index < -0.39 is 12.0 Å². The molecule has 1 fully saturated rings. The summed E-state index contributed by atoms with van der Waals surface area (Å²) in [5.41, 5.74) is 1.53. The Morgan fingerprint density at radius 2 is 1.93 bits per heavy atom. The molecule has 2 aromatic carbocycles. The molecule has 2 amide bonds. The van der Waals surface area contributed by atoms with Crippen LogP contribution in [0, 0.1) is 0 Å². The molecule has 1 saturated heterocycles. The van der Waals surface area contributed by atoms with Crippen molar-refractivity contribution in [3.05, 3.63) is 70.2 Å². The minimum atomic E-state index is -0.871. The second-order valence-electron chi connectivity index (χ2n) is 6.48. The highest BCUT2D eigenvalue weighted by Gasteiger charge is 2.35. The van der Waals surface area contributed by atoms with Crippen molar-refractivity contribution in [1.82, 2.24) is 10.2 Å². The summed E-state index contributed by atoms with van der Waals surface area (Å²) in [6, 6.07) is 15.8. The number of piperazine rings is 1. The minimum Gasteiger partial charge on any atom is -0.465 e. The van der Waals surface area contributed by atoms with Crippen molar-refractivity contribution in [2.75, 3.05) is 19.7 Å². The van der Waals surface area contributed by atoms with E-state index in [1.165, 1.54) is 4.90 Å². The Kier molecular flexibility index (Phi) is 6.81. The number of hydrogen-bond acceptors (Lipinski definition) is 4. The lowest BCUT2D eigenvalue weighted by atomic mass is 10.1. The van der Waals surface area contributed by atoms with E-state index in [1.807, 2.05) is 36.4 Å². The summed E-state index contributed by atoms with van der Waals surface area (Å²) in [6.07, 6.45) is 0.435. The van der Waals surface area contributed by atoms with E-state index in [1.54, 1.807) is 18.2 Å². The molecule has 6 nitrogen and oxygen atoms in total. The minimum absolute atomic E-state index is 0.166. The number of amides is 2. The van der Waals surface area contributed by atoms with E-state index in [0.717, 1.165) is 10.0 Å². The number of nitrogens with zero attached hydrogens (tertiary/aromatic N) is 1. The van der Waals surface area contributed by atoms with Crippen molar-refractivity contribution in [1.29, 1.82) is 0 Å². The lowest BCUT2D eigenvalue weighted by molar-refractivity contribution is -0.147. The normalized spacial score (nSPS) is 16.4. The molecule has 28 heavy (non-hydrogen) atoms. The molecule has 0 radical (unpaired) electrons. The highest BCUT2D eigenvalue weighted by Crippen LogP contribution is 2.18. The molecule has 0 spiro atoms. The molecule has 0 saturated carbocycles. The van der Waals surface area contributed by atoms with E-state index in [-0.39, 0.29) is 24.8 Å². The number of esters is 1. The van der Waals surface area contributed by atoms with Crippen LogP contribution in [0.15, 0.2) is 59.1 Å². The first-order valence-electron chi connectivity index (χ1n) is 9.08. The Balaban J connectivity index is 1.61. The van der Waals surface area contributed by atoms with E-state index >= 15 is 0 Å². The molecule has 2 aromatic rings. The van der Waals surface area contributed by atoms with Gasteiger partial charge in [-0.15, -0.1) is 0 Å². The molecular weight excluding hydrogens is 424 g/mol. The number of hydrogen-bond donors (Lipinski definition) is 1. The third-order valence-electron chi connectivity index (χ3n) is 4.52. The first-order chi connectivity index (χ1) is 13.5. The summed E-state index contributed by atoms with van der Waals surface area (Å²) in [4.78, 5) is 38.9. The fraction of sp³-hybridized carbons (Fsp3) is 0.286. The number of carbonyl (C=O) groups is 3. The molecule has 1 unspecified atom stereocenters. The Morgan fingerprint density at radius 3 is 2.68 bits per heavy atom. The fourth-order valence-corrected chi connectivity index (χ4v) is 3.49. The zero-order chi connectivity index (χ0) is 19.9. The second kappa shape index (κ2) is 9.50. The van der Waals surface area contributed by atoms with Gasteiger partial charge >= 0.3 is 5.97 Å². The molecule has 1 aliphatic heterocycles. The number of benzene rings is 2. The first kappa shape index (κ1) is 20.1.